The largest absolute Gasteiger partial charge is 0.444 e. The van der Waals surface area contributed by atoms with E-state index in [1.54, 1.807) is 26.8 Å². The van der Waals surface area contributed by atoms with Crippen LogP contribution in [0.1, 0.15) is 27.2 Å². The number of carbonyl (C=O) groups excluding carboxylic acids is 1. The molecule has 0 bridgehead atoms. The molecule has 1 fully saturated rings. The van der Waals surface area contributed by atoms with Gasteiger partial charge in [-0.1, -0.05) is 0 Å². The van der Waals surface area contributed by atoms with Crippen molar-refractivity contribution in [2.45, 2.75) is 51.1 Å². The molecule has 1 aliphatic heterocycles. The van der Waals surface area contributed by atoms with Gasteiger partial charge in [-0.05, 0) is 20.8 Å². The molecule has 0 aromatic carbocycles. The third-order valence-electron chi connectivity index (χ3n) is 2.42. The van der Waals surface area contributed by atoms with E-state index in [0.717, 1.165) is 4.90 Å². The Morgan fingerprint density at radius 3 is 2.71 bits per heavy atom. The molecule has 1 rings (SSSR count). The van der Waals surface area contributed by atoms with Gasteiger partial charge in [-0.3, -0.25) is 4.90 Å². The van der Waals surface area contributed by atoms with Crippen molar-refractivity contribution in [3.05, 3.63) is 0 Å². The number of carbonyl (C=O) groups is 1. The summed E-state index contributed by atoms with van der Waals surface area (Å²) >= 11 is 0. The summed E-state index contributed by atoms with van der Waals surface area (Å²) in [7, 11) is 0. The number of aliphatic hydroxyl groups excluding tert-OH is 1. The minimum atomic E-state index is -1.39. The van der Waals surface area contributed by atoms with Crippen LogP contribution in [0.25, 0.3) is 0 Å². The fraction of sp³-hybridized carbons (Fsp3) is 0.818. The van der Waals surface area contributed by atoms with Gasteiger partial charge in [0.15, 0.2) is 6.10 Å². The average molecular weight is 244 g/mol. The van der Waals surface area contributed by atoms with Crippen molar-refractivity contribution < 1.29 is 19.0 Å². The van der Waals surface area contributed by atoms with Crippen LogP contribution in [0.4, 0.5) is 9.18 Å². The summed E-state index contributed by atoms with van der Waals surface area (Å²) in [6, 6.07) is 0.786. The van der Waals surface area contributed by atoms with E-state index in [4.69, 9.17) is 10.00 Å². The number of ether oxygens (including phenoxy) is 1. The van der Waals surface area contributed by atoms with Crippen molar-refractivity contribution in [2.75, 3.05) is 6.54 Å². The first-order valence-electron chi connectivity index (χ1n) is 5.46. The van der Waals surface area contributed by atoms with Crippen LogP contribution >= 0.6 is 0 Å². The lowest BCUT2D eigenvalue weighted by Gasteiger charge is -2.28. The van der Waals surface area contributed by atoms with Gasteiger partial charge < -0.3 is 9.84 Å². The SMILES string of the molecule is CC(C)(C)OC(=O)N1C[C@@H](F)C[C@H]1C(O)C#N. The summed E-state index contributed by atoms with van der Waals surface area (Å²) < 4.78 is 18.3. The molecule has 96 valence electrons. The molecule has 1 N–H and O–H groups in total. The second-order valence-electron chi connectivity index (χ2n) is 5.11. The van der Waals surface area contributed by atoms with E-state index in [1.165, 1.54) is 0 Å². The standard InChI is InChI=1S/C11H17FN2O3/c1-11(2,3)17-10(16)14-6-7(12)4-8(14)9(15)5-13/h7-9,15H,4,6H2,1-3H3/t7-,8-,9?/m0/s1. The maximum absolute atomic E-state index is 13.2. The Labute approximate surface area is 99.8 Å². The lowest BCUT2D eigenvalue weighted by atomic mass is 10.1. The van der Waals surface area contributed by atoms with Crippen LogP contribution in [0.3, 0.4) is 0 Å². The summed E-state index contributed by atoms with van der Waals surface area (Å²) in [6.45, 7) is 4.95. The lowest BCUT2D eigenvalue weighted by Crippen LogP contribution is -2.44. The number of alkyl halides is 1. The molecule has 17 heavy (non-hydrogen) atoms. The highest BCUT2D eigenvalue weighted by Gasteiger charge is 2.41. The summed E-state index contributed by atoms with van der Waals surface area (Å²) in [5, 5.41) is 18.0. The number of amides is 1. The average Bonchev–Trinajstić information content (AvgIpc) is 2.56. The number of rotatable bonds is 1. The van der Waals surface area contributed by atoms with E-state index in [1.807, 2.05) is 0 Å². The molecule has 1 saturated heterocycles. The molecule has 0 spiro atoms. The summed E-state index contributed by atoms with van der Waals surface area (Å²) in [5.74, 6) is 0. The molecule has 1 aliphatic rings. The van der Waals surface area contributed by atoms with Gasteiger partial charge in [0.1, 0.15) is 11.8 Å². The van der Waals surface area contributed by atoms with Crippen molar-refractivity contribution in [2.24, 2.45) is 0 Å². The number of halogens is 1. The molecule has 3 atom stereocenters. The fourth-order valence-corrected chi connectivity index (χ4v) is 1.73. The molecule has 0 aliphatic carbocycles. The second-order valence-corrected chi connectivity index (χ2v) is 5.11. The van der Waals surface area contributed by atoms with Gasteiger partial charge in [-0.25, -0.2) is 9.18 Å². The molecular formula is C11H17FN2O3. The maximum Gasteiger partial charge on any atom is 0.410 e. The van der Waals surface area contributed by atoms with Gasteiger partial charge in [0.2, 0.25) is 0 Å². The highest BCUT2D eigenvalue weighted by molar-refractivity contribution is 5.69. The summed E-state index contributed by atoms with van der Waals surface area (Å²) in [4.78, 5) is 12.8. The first-order valence-corrected chi connectivity index (χ1v) is 5.46. The lowest BCUT2D eigenvalue weighted by molar-refractivity contribution is 0.0117. The van der Waals surface area contributed by atoms with Crippen molar-refractivity contribution >= 4 is 6.09 Å². The van der Waals surface area contributed by atoms with Crippen molar-refractivity contribution in [1.29, 1.82) is 5.26 Å². The minimum Gasteiger partial charge on any atom is -0.444 e. The first-order chi connectivity index (χ1) is 7.74. The molecule has 6 heteroatoms. The molecule has 0 aromatic rings. The Kier molecular flexibility index (Phi) is 3.94. The molecule has 0 saturated carbocycles. The van der Waals surface area contributed by atoms with Gasteiger partial charge in [0, 0.05) is 6.42 Å². The summed E-state index contributed by atoms with van der Waals surface area (Å²) in [6.07, 6.45) is -3.34. The third-order valence-corrected chi connectivity index (χ3v) is 2.42. The molecule has 5 nitrogen and oxygen atoms in total. The van der Waals surface area contributed by atoms with E-state index in [2.05, 4.69) is 0 Å². The zero-order chi connectivity index (χ0) is 13.2. The van der Waals surface area contributed by atoms with Crippen molar-refractivity contribution in [3.63, 3.8) is 0 Å². The van der Waals surface area contributed by atoms with Crippen molar-refractivity contribution in [3.8, 4) is 6.07 Å². The summed E-state index contributed by atoms with van der Waals surface area (Å²) in [5.41, 5.74) is -0.687. The predicted octanol–water partition coefficient (Wildman–Crippen LogP) is 1.22. The Morgan fingerprint density at radius 2 is 2.24 bits per heavy atom. The van der Waals surface area contributed by atoms with Crippen LogP contribution in [0, 0.1) is 11.3 Å². The quantitative estimate of drug-likeness (QED) is 0.704. The maximum atomic E-state index is 13.2. The molecular weight excluding hydrogens is 227 g/mol. The molecule has 1 amide bonds. The first kappa shape index (κ1) is 13.7. The normalized spacial score (nSPS) is 26.5. The van der Waals surface area contributed by atoms with Gasteiger partial charge in [-0.15, -0.1) is 0 Å². The van der Waals surface area contributed by atoms with E-state index < -0.39 is 30.0 Å². The van der Waals surface area contributed by atoms with Gasteiger partial charge in [0.25, 0.3) is 0 Å². The Morgan fingerprint density at radius 1 is 1.65 bits per heavy atom. The third kappa shape index (κ3) is 3.56. The van der Waals surface area contributed by atoms with Gasteiger partial charge in [-0.2, -0.15) is 5.26 Å². The van der Waals surface area contributed by atoms with E-state index in [-0.39, 0.29) is 13.0 Å². The zero-order valence-electron chi connectivity index (χ0n) is 10.2. The molecule has 1 unspecified atom stereocenters. The van der Waals surface area contributed by atoms with Crippen LogP contribution in [-0.2, 0) is 4.74 Å². The van der Waals surface area contributed by atoms with Crippen LogP contribution in [0.5, 0.6) is 0 Å². The number of nitriles is 1. The predicted molar refractivity (Wildman–Crippen MR) is 57.9 cm³/mol. The van der Waals surface area contributed by atoms with E-state index in [9.17, 15) is 14.3 Å². The highest BCUT2D eigenvalue weighted by Crippen LogP contribution is 2.25. The van der Waals surface area contributed by atoms with Crippen LogP contribution in [0.2, 0.25) is 0 Å². The van der Waals surface area contributed by atoms with Crippen molar-refractivity contribution in [1.82, 2.24) is 4.90 Å². The molecule has 0 aromatic heterocycles. The monoisotopic (exact) mass is 244 g/mol. The van der Waals surface area contributed by atoms with E-state index >= 15 is 0 Å². The number of hydrogen-bond donors (Lipinski definition) is 1. The molecule has 1 heterocycles. The van der Waals surface area contributed by atoms with Crippen LogP contribution < -0.4 is 0 Å². The van der Waals surface area contributed by atoms with Gasteiger partial charge >= 0.3 is 6.09 Å². The Balaban J connectivity index is 2.74. The minimum absolute atomic E-state index is 0.0338. The van der Waals surface area contributed by atoms with Crippen LogP contribution in [0.15, 0.2) is 0 Å². The topological polar surface area (TPSA) is 73.6 Å². The fourth-order valence-electron chi connectivity index (χ4n) is 1.73. The number of nitrogens with zero attached hydrogens (tertiary/aromatic N) is 2. The Hall–Kier alpha value is -1.35. The Bertz CT molecular complexity index is 335. The number of hydrogen-bond acceptors (Lipinski definition) is 4. The van der Waals surface area contributed by atoms with Gasteiger partial charge in [0.05, 0.1) is 18.7 Å². The smallest absolute Gasteiger partial charge is 0.410 e. The number of likely N-dealkylation sites (tertiary alicyclic amines) is 1. The molecule has 0 radical (unpaired) electrons. The number of aliphatic hydroxyl groups is 1. The second kappa shape index (κ2) is 4.88. The zero-order valence-corrected chi connectivity index (χ0v) is 10.2. The highest BCUT2D eigenvalue weighted by atomic mass is 19.1. The van der Waals surface area contributed by atoms with E-state index in [0.29, 0.717) is 0 Å². The van der Waals surface area contributed by atoms with Crippen LogP contribution in [-0.4, -0.2) is 46.6 Å².